The van der Waals surface area contributed by atoms with Gasteiger partial charge in [-0.05, 0) is 33.6 Å². The molecule has 0 radical (unpaired) electrons. The van der Waals surface area contributed by atoms with E-state index in [0.717, 1.165) is 37.6 Å². The van der Waals surface area contributed by atoms with Gasteiger partial charge in [-0.15, -0.1) is 0 Å². The number of amides is 1. The Kier molecular flexibility index (Phi) is 4.36. The van der Waals surface area contributed by atoms with Gasteiger partial charge >= 0.3 is 6.09 Å². The first-order valence-corrected chi connectivity index (χ1v) is 8.47. The van der Waals surface area contributed by atoms with Crippen molar-refractivity contribution in [1.82, 2.24) is 14.9 Å². The standard InChI is InChI=1S/C16H23ClN4O2/c1-16(2,3)23-15(22)21-8-6-20(7-9-21)13-10-12(17)18-14(19-13)11-4-5-11/h10-11H,4-9H2,1-3H3. The number of carbonyl (C=O) groups is 1. The molecule has 0 aromatic carbocycles. The summed E-state index contributed by atoms with van der Waals surface area (Å²) in [6.07, 6.45) is 2.04. The summed E-state index contributed by atoms with van der Waals surface area (Å²) in [5, 5.41) is 0.492. The highest BCUT2D eigenvalue weighted by molar-refractivity contribution is 6.29. The third-order valence-electron chi connectivity index (χ3n) is 3.90. The van der Waals surface area contributed by atoms with Crippen LogP contribution in [0.1, 0.15) is 45.4 Å². The van der Waals surface area contributed by atoms with Crippen LogP contribution < -0.4 is 4.90 Å². The molecule has 1 aliphatic heterocycles. The van der Waals surface area contributed by atoms with Crippen LogP contribution >= 0.6 is 11.6 Å². The molecule has 2 aliphatic rings. The van der Waals surface area contributed by atoms with Crippen molar-refractivity contribution in [1.29, 1.82) is 0 Å². The van der Waals surface area contributed by atoms with Crippen LogP contribution in [0.25, 0.3) is 0 Å². The van der Waals surface area contributed by atoms with Crippen molar-refractivity contribution in [3.8, 4) is 0 Å². The number of anilines is 1. The van der Waals surface area contributed by atoms with E-state index in [0.29, 0.717) is 24.2 Å². The van der Waals surface area contributed by atoms with Crippen LogP contribution in [0.2, 0.25) is 5.15 Å². The van der Waals surface area contributed by atoms with Gasteiger partial charge in [0.25, 0.3) is 0 Å². The average molecular weight is 339 g/mol. The zero-order valence-corrected chi connectivity index (χ0v) is 14.6. The second kappa shape index (κ2) is 6.15. The van der Waals surface area contributed by atoms with Gasteiger partial charge in [0.05, 0.1) is 0 Å². The molecular weight excluding hydrogens is 316 g/mol. The summed E-state index contributed by atoms with van der Waals surface area (Å²) in [7, 11) is 0. The second-order valence-corrected chi connectivity index (χ2v) is 7.52. The van der Waals surface area contributed by atoms with E-state index in [1.165, 1.54) is 0 Å². The van der Waals surface area contributed by atoms with Crippen LogP contribution in [-0.4, -0.2) is 52.7 Å². The lowest BCUT2D eigenvalue weighted by Gasteiger charge is -2.36. The number of aromatic nitrogens is 2. The summed E-state index contributed by atoms with van der Waals surface area (Å²) < 4.78 is 5.42. The molecule has 1 aromatic heterocycles. The molecule has 6 nitrogen and oxygen atoms in total. The Labute approximate surface area is 141 Å². The SMILES string of the molecule is CC(C)(C)OC(=O)N1CCN(c2cc(Cl)nc(C3CC3)n2)CC1. The van der Waals surface area contributed by atoms with E-state index >= 15 is 0 Å². The highest BCUT2D eigenvalue weighted by Crippen LogP contribution is 2.39. The third kappa shape index (κ3) is 4.25. The van der Waals surface area contributed by atoms with Crippen LogP contribution in [-0.2, 0) is 4.74 Å². The minimum absolute atomic E-state index is 0.253. The molecule has 0 bridgehead atoms. The summed E-state index contributed by atoms with van der Waals surface area (Å²) in [5.74, 6) is 2.17. The topological polar surface area (TPSA) is 58.6 Å². The Hall–Kier alpha value is -1.56. The van der Waals surface area contributed by atoms with Gasteiger partial charge in [-0.2, -0.15) is 0 Å². The molecule has 0 spiro atoms. The number of hydrogen-bond acceptors (Lipinski definition) is 5. The normalized spacial score (nSPS) is 19.0. The van der Waals surface area contributed by atoms with Crippen LogP contribution in [0.4, 0.5) is 10.6 Å². The molecule has 1 aromatic rings. The molecule has 2 heterocycles. The quantitative estimate of drug-likeness (QED) is 0.776. The summed E-state index contributed by atoms with van der Waals surface area (Å²) in [4.78, 5) is 25.0. The summed E-state index contributed by atoms with van der Waals surface area (Å²) in [6.45, 7) is 8.31. The minimum atomic E-state index is -0.465. The van der Waals surface area contributed by atoms with Gasteiger partial charge in [-0.25, -0.2) is 14.8 Å². The number of nitrogens with zero attached hydrogens (tertiary/aromatic N) is 4. The van der Waals surface area contributed by atoms with Crippen molar-refractivity contribution in [2.24, 2.45) is 0 Å². The van der Waals surface area contributed by atoms with E-state index in [4.69, 9.17) is 16.3 Å². The molecule has 7 heteroatoms. The molecular formula is C16H23ClN4O2. The first-order valence-electron chi connectivity index (χ1n) is 8.09. The first kappa shape index (κ1) is 16.3. The Bertz CT molecular complexity index is 590. The van der Waals surface area contributed by atoms with Crippen molar-refractivity contribution in [2.45, 2.75) is 45.1 Å². The fraction of sp³-hybridized carbons (Fsp3) is 0.688. The van der Waals surface area contributed by atoms with Crippen molar-refractivity contribution in [3.05, 3.63) is 17.0 Å². The summed E-state index contributed by atoms with van der Waals surface area (Å²) >= 11 is 6.13. The summed E-state index contributed by atoms with van der Waals surface area (Å²) in [6, 6.07) is 1.80. The van der Waals surface area contributed by atoms with Gasteiger partial charge in [0.1, 0.15) is 22.4 Å². The number of piperazine rings is 1. The zero-order chi connectivity index (χ0) is 16.6. The maximum atomic E-state index is 12.1. The summed E-state index contributed by atoms with van der Waals surface area (Å²) in [5.41, 5.74) is -0.465. The predicted molar refractivity (Wildman–Crippen MR) is 89.0 cm³/mol. The number of ether oxygens (including phenoxy) is 1. The monoisotopic (exact) mass is 338 g/mol. The first-order chi connectivity index (χ1) is 10.8. The van der Waals surface area contributed by atoms with E-state index in [1.54, 1.807) is 11.0 Å². The molecule has 0 N–H and O–H groups in total. The number of halogens is 1. The van der Waals surface area contributed by atoms with Crippen LogP contribution in [0, 0.1) is 0 Å². The molecule has 1 saturated carbocycles. The van der Waals surface area contributed by atoms with Crippen molar-refractivity contribution in [2.75, 3.05) is 31.1 Å². The average Bonchev–Trinajstić information content (AvgIpc) is 3.29. The van der Waals surface area contributed by atoms with Gasteiger partial charge in [-0.3, -0.25) is 0 Å². The Morgan fingerprint density at radius 2 is 1.87 bits per heavy atom. The van der Waals surface area contributed by atoms with E-state index in [2.05, 4.69) is 14.9 Å². The fourth-order valence-corrected chi connectivity index (χ4v) is 2.74. The molecule has 0 unspecified atom stereocenters. The van der Waals surface area contributed by atoms with E-state index in [1.807, 2.05) is 20.8 Å². The lowest BCUT2D eigenvalue weighted by atomic mass is 10.2. The lowest BCUT2D eigenvalue weighted by Crippen LogP contribution is -2.50. The van der Waals surface area contributed by atoms with Crippen molar-refractivity contribution >= 4 is 23.5 Å². The minimum Gasteiger partial charge on any atom is -0.444 e. The van der Waals surface area contributed by atoms with Gasteiger partial charge in [0.15, 0.2) is 0 Å². The third-order valence-corrected chi connectivity index (χ3v) is 4.09. The van der Waals surface area contributed by atoms with Crippen molar-refractivity contribution < 1.29 is 9.53 Å². The van der Waals surface area contributed by atoms with Crippen LogP contribution in [0.3, 0.4) is 0 Å². The van der Waals surface area contributed by atoms with Gasteiger partial charge < -0.3 is 14.5 Å². The Morgan fingerprint density at radius 1 is 1.22 bits per heavy atom. The molecule has 0 atom stereocenters. The Morgan fingerprint density at radius 3 is 2.43 bits per heavy atom. The maximum absolute atomic E-state index is 12.1. The predicted octanol–water partition coefficient (Wildman–Crippen LogP) is 3.06. The van der Waals surface area contributed by atoms with Gasteiger partial charge in [0, 0.05) is 38.2 Å². The molecule has 1 amide bonds. The fourth-order valence-electron chi connectivity index (χ4n) is 2.55. The number of rotatable bonds is 2. The van der Waals surface area contributed by atoms with E-state index in [-0.39, 0.29) is 6.09 Å². The van der Waals surface area contributed by atoms with E-state index < -0.39 is 5.60 Å². The van der Waals surface area contributed by atoms with Crippen LogP contribution in [0.15, 0.2) is 6.07 Å². The van der Waals surface area contributed by atoms with Gasteiger partial charge in [0.2, 0.25) is 0 Å². The molecule has 126 valence electrons. The Balaban J connectivity index is 1.62. The molecule has 23 heavy (non-hydrogen) atoms. The van der Waals surface area contributed by atoms with Crippen LogP contribution in [0.5, 0.6) is 0 Å². The largest absolute Gasteiger partial charge is 0.444 e. The van der Waals surface area contributed by atoms with Gasteiger partial charge in [-0.1, -0.05) is 11.6 Å². The molecule has 1 saturated heterocycles. The van der Waals surface area contributed by atoms with E-state index in [9.17, 15) is 4.79 Å². The van der Waals surface area contributed by atoms with Crippen molar-refractivity contribution in [3.63, 3.8) is 0 Å². The second-order valence-electron chi connectivity index (χ2n) is 7.14. The number of hydrogen-bond donors (Lipinski definition) is 0. The maximum Gasteiger partial charge on any atom is 0.410 e. The number of carbonyl (C=O) groups excluding carboxylic acids is 1. The highest BCUT2D eigenvalue weighted by atomic mass is 35.5. The molecule has 3 rings (SSSR count). The molecule has 2 fully saturated rings. The highest BCUT2D eigenvalue weighted by Gasteiger charge is 2.29. The lowest BCUT2D eigenvalue weighted by molar-refractivity contribution is 0.0240. The zero-order valence-electron chi connectivity index (χ0n) is 13.9. The molecule has 1 aliphatic carbocycles. The smallest absolute Gasteiger partial charge is 0.410 e.